The van der Waals surface area contributed by atoms with E-state index in [9.17, 15) is 0 Å². The van der Waals surface area contributed by atoms with Gasteiger partial charge in [0.15, 0.2) is 0 Å². The van der Waals surface area contributed by atoms with Crippen molar-refractivity contribution >= 4 is 0 Å². The number of aliphatic hydroxyl groups is 1. The average Bonchev–Trinajstić information content (AvgIpc) is 2.85. The van der Waals surface area contributed by atoms with Crippen molar-refractivity contribution in [2.24, 2.45) is 5.92 Å². The summed E-state index contributed by atoms with van der Waals surface area (Å²) in [6.45, 7) is 4.83. The first-order chi connectivity index (χ1) is 8.69. The molecule has 0 aliphatic heterocycles. The Labute approximate surface area is 106 Å². The molecule has 1 aromatic carbocycles. The van der Waals surface area contributed by atoms with Crippen molar-refractivity contribution in [1.82, 2.24) is 15.0 Å². The van der Waals surface area contributed by atoms with Crippen LogP contribution in [-0.4, -0.2) is 26.7 Å². The normalized spacial score (nSPS) is 10.9. The second kappa shape index (κ2) is 5.64. The molecule has 0 bridgehead atoms. The van der Waals surface area contributed by atoms with Crippen LogP contribution in [0.5, 0.6) is 5.75 Å². The van der Waals surface area contributed by atoms with Crippen molar-refractivity contribution in [3.63, 3.8) is 0 Å². The Morgan fingerprint density at radius 2 is 2.00 bits per heavy atom. The molecule has 96 valence electrons. The molecular formula is C13H17N3O2. The number of nitrogens with zero attached hydrogens (tertiary/aromatic N) is 3. The molecule has 0 unspecified atom stereocenters. The summed E-state index contributed by atoms with van der Waals surface area (Å²) in [6, 6.07) is 7.62. The number of ether oxygens (including phenoxy) is 1. The van der Waals surface area contributed by atoms with Crippen LogP contribution in [-0.2, 0) is 6.61 Å². The number of aromatic nitrogens is 3. The molecule has 0 atom stereocenters. The molecule has 0 saturated heterocycles. The lowest BCUT2D eigenvalue weighted by atomic mass is 10.2. The zero-order chi connectivity index (χ0) is 13.0. The SMILES string of the molecule is CC(C)COc1ccc(-n2cc(CO)nn2)cc1. The van der Waals surface area contributed by atoms with Crippen LogP contribution in [0.15, 0.2) is 30.5 Å². The number of hydrogen-bond acceptors (Lipinski definition) is 4. The molecule has 0 radical (unpaired) electrons. The molecule has 1 aromatic heterocycles. The number of aliphatic hydroxyl groups excluding tert-OH is 1. The summed E-state index contributed by atoms with van der Waals surface area (Å²) in [5, 5.41) is 16.7. The van der Waals surface area contributed by atoms with Crippen LogP contribution in [0, 0.1) is 5.92 Å². The van der Waals surface area contributed by atoms with Crippen molar-refractivity contribution in [2.75, 3.05) is 6.61 Å². The first-order valence-electron chi connectivity index (χ1n) is 5.94. The van der Waals surface area contributed by atoms with Gasteiger partial charge in [-0.25, -0.2) is 4.68 Å². The zero-order valence-corrected chi connectivity index (χ0v) is 10.6. The van der Waals surface area contributed by atoms with E-state index in [0.717, 1.165) is 11.4 Å². The minimum atomic E-state index is -0.102. The fraction of sp³-hybridized carbons (Fsp3) is 0.385. The van der Waals surface area contributed by atoms with E-state index in [1.165, 1.54) is 0 Å². The fourth-order valence-electron chi connectivity index (χ4n) is 1.46. The summed E-state index contributed by atoms with van der Waals surface area (Å²) >= 11 is 0. The second-order valence-electron chi connectivity index (χ2n) is 4.51. The van der Waals surface area contributed by atoms with Crippen molar-refractivity contribution in [2.45, 2.75) is 20.5 Å². The van der Waals surface area contributed by atoms with E-state index >= 15 is 0 Å². The third kappa shape index (κ3) is 3.07. The quantitative estimate of drug-likeness (QED) is 0.875. The third-order valence-corrected chi connectivity index (χ3v) is 2.39. The van der Waals surface area contributed by atoms with Crippen LogP contribution in [0.4, 0.5) is 0 Å². The molecule has 0 saturated carbocycles. The average molecular weight is 247 g/mol. The van der Waals surface area contributed by atoms with Gasteiger partial charge in [0, 0.05) is 0 Å². The van der Waals surface area contributed by atoms with Crippen LogP contribution in [0.25, 0.3) is 5.69 Å². The van der Waals surface area contributed by atoms with Crippen LogP contribution in [0.3, 0.4) is 0 Å². The monoisotopic (exact) mass is 247 g/mol. The van der Waals surface area contributed by atoms with Crippen molar-refractivity contribution in [3.8, 4) is 11.4 Å². The van der Waals surface area contributed by atoms with E-state index in [4.69, 9.17) is 9.84 Å². The van der Waals surface area contributed by atoms with Gasteiger partial charge in [-0.2, -0.15) is 0 Å². The van der Waals surface area contributed by atoms with Gasteiger partial charge in [0.2, 0.25) is 0 Å². The van der Waals surface area contributed by atoms with Gasteiger partial charge < -0.3 is 9.84 Å². The van der Waals surface area contributed by atoms with Crippen molar-refractivity contribution < 1.29 is 9.84 Å². The molecule has 18 heavy (non-hydrogen) atoms. The molecule has 2 rings (SSSR count). The van der Waals surface area contributed by atoms with Crippen LogP contribution in [0.1, 0.15) is 19.5 Å². The van der Waals surface area contributed by atoms with E-state index < -0.39 is 0 Å². The topological polar surface area (TPSA) is 60.2 Å². The molecular weight excluding hydrogens is 230 g/mol. The molecule has 2 aromatic rings. The Morgan fingerprint density at radius 1 is 1.28 bits per heavy atom. The Bertz CT molecular complexity index is 491. The Morgan fingerprint density at radius 3 is 2.56 bits per heavy atom. The van der Waals surface area contributed by atoms with Gasteiger partial charge in [0.05, 0.1) is 25.1 Å². The first-order valence-corrected chi connectivity index (χ1v) is 5.94. The van der Waals surface area contributed by atoms with Gasteiger partial charge in [0.1, 0.15) is 11.4 Å². The Kier molecular flexibility index (Phi) is 3.94. The minimum Gasteiger partial charge on any atom is -0.493 e. The highest BCUT2D eigenvalue weighted by Crippen LogP contribution is 2.15. The van der Waals surface area contributed by atoms with Gasteiger partial charge in [-0.1, -0.05) is 19.1 Å². The van der Waals surface area contributed by atoms with Gasteiger partial charge in [-0.3, -0.25) is 0 Å². The smallest absolute Gasteiger partial charge is 0.119 e. The summed E-state index contributed by atoms with van der Waals surface area (Å²) < 4.78 is 7.22. The van der Waals surface area contributed by atoms with Crippen molar-refractivity contribution in [3.05, 3.63) is 36.2 Å². The maximum absolute atomic E-state index is 8.93. The molecule has 0 aliphatic carbocycles. The maximum atomic E-state index is 8.93. The van der Waals surface area contributed by atoms with Crippen LogP contribution in [0.2, 0.25) is 0 Å². The Balaban J connectivity index is 2.07. The highest BCUT2D eigenvalue weighted by atomic mass is 16.5. The van der Waals surface area contributed by atoms with E-state index in [1.54, 1.807) is 10.9 Å². The van der Waals surface area contributed by atoms with Gasteiger partial charge in [0.25, 0.3) is 0 Å². The standard InChI is InChI=1S/C13H17N3O2/c1-10(2)9-18-13-5-3-12(4-6-13)16-7-11(8-17)14-15-16/h3-7,10,17H,8-9H2,1-2H3. The number of rotatable bonds is 5. The lowest BCUT2D eigenvalue weighted by Crippen LogP contribution is -2.04. The molecule has 0 fully saturated rings. The first kappa shape index (κ1) is 12.6. The largest absolute Gasteiger partial charge is 0.493 e. The fourth-order valence-corrected chi connectivity index (χ4v) is 1.46. The highest BCUT2D eigenvalue weighted by Gasteiger charge is 2.02. The molecule has 0 spiro atoms. The van der Waals surface area contributed by atoms with Crippen LogP contribution >= 0.6 is 0 Å². The van der Waals surface area contributed by atoms with E-state index in [2.05, 4.69) is 24.2 Å². The molecule has 0 amide bonds. The summed E-state index contributed by atoms with van der Waals surface area (Å²) in [5.41, 5.74) is 1.44. The number of benzene rings is 1. The maximum Gasteiger partial charge on any atom is 0.119 e. The summed E-state index contributed by atoms with van der Waals surface area (Å²) in [4.78, 5) is 0. The molecule has 1 heterocycles. The summed E-state index contributed by atoms with van der Waals surface area (Å²) in [7, 11) is 0. The highest BCUT2D eigenvalue weighted by molar-refractivity contribution is 5.36. The second-order valence-corrected chi connectivity index (χ2v) is 4.51. The Hall–Kier alpha value is -1.88. The van der Waals surface area contributed by atoms with E-state index in [-0.39, 0.29) is 6.61 Å². The minimum absolute atomic E-state index is 0.102. The summed E-state index contributed by atoms with van der Waals surface area (Å²) in [5.74, 6) is 1.35. The predicted octanol–water partition coefficient (Wildman–Crippen LogP) is 1.79. The lowest BCUT2D eigenvalue weighted by Gasteiger charge is -2.08. The zero-order valence-electron chi connectivity index (χ0n) is 10.6. The summed E-state index contributed by atoms with van der Waals surface area (Å²) in [6.07, 6.45) is 1.70. The molecule has 1 N–H and O–H groups in total. The van der Waals surface area contributed by atoms with E-state index in [0.29, 0.717) is 18.2 Å². The third-order valence-electron chi connectivity index (χ3n) is 2.39. The molecule has 5 nitrogen and oxygen atoms in total. The van der Waals surface area contributed by atoms with Crippen molar-refractivity contribution in [1.29, 1.82) is 0 Å². The van der Waals surface area contributed by atoms with Gasteiger partial charge in [-0.15, -0.1) is 5.10 Å². The van der Waals surface area contributed by atoms with Gasteiger partial charge >= 0.3 is 0 Å². The van der Waals surface area contributed by atoms with Gasteiger partial charge in [-0.05, 0) is 30.2 Å². The number of hydrogen-bond donors (Lipinski definition) is 1. The molecule has 0 aliphatic rings. The predicted molar refractivity (Wildman–Crippen MR) is 67.6 cm³/mol. The lowest BCUT2D eigenvalue weighted by molar-refractivity contribution is 0.271. The van der Waals surface area contributed by atoms with E-state index in [1.807, 2.05) is 24.3 Å². The molecule has 5 heteroatoms. The van der Waals surface area contributed by atoms with Crippen LogP contribution < -0.4 is 4.74 Å².